The number of carbonyl (C=O) groups is 1. The second kappa shape index (κ2) is 4.69. The van der Waals surface area contributed by atoms with Crippen LogP contribution in [0.3, 0.4) is 0 Å². The first kappa shape index (κ1) is 14.9. The van der Waals surface area contributed by atoms with Crippen LogP contribution in [0.2, 0.25) is 0 Å². The molecule has 0 aromatic rings. The highest BCUT2D eigenvalue weighted by atomic mass is 16.3. The summed E-state index contributed by atoms with van der Waals surface area (Å²) in [4.78, 5) is 12.5. The minimum atomic E-state index is -0.134. The Morgan fingerprint density at radius 1 is 1.09 bits per heavy atom. The average molecular weight is 302 g/mol. The van der Waals surface area contributed by atoms with Gasteiger partial charge in [-0.2, -0.15) is 0 Å². The Hall–Kier alpha value is -0.630. The van der Waals surface area contributed by atoms with Crippen molar-refractivity contribution in [1.82, 2.24) is 0 Å². The zero-order valence-corrected chi connectivity index (χ0v) is 14.3. The summed E-state index contributed by atoms with van der Waals surface area (Å²) in [6.07, 6.45) is 9.53. The SMILES string of the molecule is CC1C=C2CC(O)CC[C@]2(C)C2CCC3(C)C(=O)CCC3C12. The highest BCUT2D eigenvalue weighted by molar-refractivity contribution is 5.87. The highest BCUT2D eigenvalue weighted by Crippen LogP contribution is 2.65. The number of aliphatic hydroxyl groups excluding tert-OH is 1. The van der Waals surface area contributed by atoms with Crippen molar-refractivity contribution in [2.45, 2.75) is 71.8 Å². The lowest BCUT2D eigenvalue weighted by molar-refractivity contribution is -0.133. The Balaban J connectivity index is 1.75. The first-order valence-corrected chi connectivity index (χ1v) is 9.29. The van der Waals surface area contributed by atoms with Gasteiger partial charge in [0.1, 0.15) is 5.78 Å². The maximum Gasteiger partial charge on any atom is 0.139 e. The Bertz CT molecular complexity index is 536. The standard InChI is InChI=1S/C20H30O2/c1-12-10-13-11-14(21)6-8-19(13,2)16-7-9-20(3)15(18(12)16)4-5-17(20)22/h10,12,14-16,18,21H,4-9,11H2,1-3H3/t12?,14?,15?,16?,18?,19-,20?/m0/s1. The maximum absolute atomic E-state index is 12.5. The lowest BCUT2D eigenvalue weighted by atomic mass is 9.46. The van der Waals surface area contributed by atoms with Crippen LogP contribution in [0.15, 0.2) is 11.6 Å². The molecule has 0 spiro atoms. The molecule has 0 aromatic heterocycles. The number of rotatable bonds is 0. The van der Waals surface area contributed by atoms with E-state index in [0.717, 1.165) is 44.4 Å². The van der Waals surface area contributed by atoms with Crippen molar-refractivity contribution < 1.29 is 9.90 Å². The van der Waals surface area contributed by atoms with Gasteiger partial charge in [0.25, 0.3) is 0 Å². The molecular weight excluding hydrogens is 272 g/mol. The van der Waals surface area contributed by atoms with E-state index in [-0.39, 0.29) is 16.9 Å². The molecule has 4 aliphatic carbocycles. The highest BCUT2D eigenvalue weighted by Gasteiger charge is 2.59. The zero-order chi connectivity index (χ0) is 15.7. The molecule has 7 atom stereocenters. The van der Waals surface area contributed by atoms with Crippen LogP contribution < -0.4 is 0 Å². The molecule has 0 aromatic carbocycles. The zero-order valence-electron chi connectivity index (χ0n) is 14.3. The molecule has 2 heteroatoms. The molecule has 0 amide bonds. The van der Waals surface area contributed by atoms with Crippen LogP contribution in [0.5, 0.6) is 0 Å². The fraction of sp³-hybridized carbons (Fsp3) is 0.850. The molecule has 0 saturated heterocycles. The van der Waals surface area contributed by atoms with E-state index in [1.165, 1.54) is 12.0 Å². The maximum atomic E-state index is 12.5. The molecule has 4 aliphatic rings. The molecule has 1 N–H and O–H groups in total. The third-order valence-electron chi connectivity index (χ3n) is 8.12. The lowest BCUT2D eigenvalue weighted by Crippen LogP contribution is -2.52. The van der Waals surface area contributed by atoms with Crippen LogP contribution in [0.1, 0.15) is 65.7 Å². The fourth-order valence-electron chi connectivity index (χ4n) is 6.77. The predicted molar refractivity (Wildman–Crippen MR) is 87.3 cm³/mol. The van der Waals surface area contributed by atoms with Gasteiger partial charge in [-0.05, 0) is 67.6 Å². The molecule has 0 radical (unpaired) electrons. The van der Waals surface area contributed by atoms with Crippen molar-refractivity contribution in [3.8, 4) is 0 Å². The van der Waals surface area contributed by atoms with E-state index in [9.17, 15) is 9.90 Å². The molecule has 2 nitrogen and oxygen atoms in total. The van der Waals surface area contributed by atoms with Crippen molar-refractivity contribution in [3.05, 3.63) is 11.6 Å². The molecular formula is C20H30O2. The minimum Gasteiger partial charge on any atom is -0.393 e. The third-order valence-corrected chi connectivity index (χ3v) is 8.12. The van der Waals surface area contributed by atoms with E-state index in [0.29, 0.717) is 23.5 Å². The molecule has 6 unspecified atom stereocenters. The number of ketones is 1. The molecule has 0 bridgehead atoms. The smallest absolute Gasteiger partial charge is 0.139 e. The quantitative estimate of drug-likeness (QED) is 0.683. The summed E-state index contributed by atoms with van der Waals surface area (Å²) in [5.41, 5.74) is 1.77. The van der Waals surface area contributed by atoms with Gasteiger partial charge in [0.05, 0.1) is 6.10 Å². The summed E-state index contributed by atoms with van der Waals surface area (Å²) in [7, 11) is 0. The number of hydrogen-bond donors (Lipinski definition) is 1. The summed E-state index contributed by atoms with van der Waals surface area (Å²) in [5, 5.41) is 10.1. The first-order valence-electron chi connectivity index (χ1n) is 9.29. The molecule has 0 aliphatic heterocycles. The Morgan fingerprint density at radius 2 is 1.77 bits per heavy atom. The Labute approximate surface area is 134 Å². The number of aliphatic hydroxyl groups is 1. The second-order valence-electron chi connectivity index (χ2n) is 9.07. The summed E-state index contributed by atoms with van der Waals surface area (Å²) in [6, 6.07) is 0. The minimum absolute atomic E-state index is 0.0364. The van der Waals surface area contributed by atoms with Crippen LogP contribution in [0.25, 0.3) is 0 Å². The van der Waals surface area contributed by atoms with Gasteiger partial charge < -0.3 is 5.11 Å². The van der Waals surface area contributed by atoms with E-state index in [2.05, 4.69) is 26.8 Å². The van der Waals surface area contributed by atoms with Crippen LogP contribution in [0.4, 0.5) is 0 Å². The Morgan fingerprint density at radius 3 is 2.55 bits per heavy atom. The topological polar surface area (TPSA) is 37.3 Å². The van der Waals surface area contributed by atoms with Crippen LogP contribution in [-0.2, 0) is 4.79 Å². The van der Waals surface area contributed by atoms with Crippen LogP contribution in [-0.4, -0.2) is 17.0 Å². The Kier molecular flexibility index (Phi) is 3.18. The number of Topliss-reactive ketones (excluding diaryl/α,β-unsaturated/α-hetero) is 1. The van der Waals surface area contributed by atoms with Gasteiger partial charge in [-0.15, -0.1) is 0 Å². The first-order chi connectivity index (χ1) is 10.4. The van der Waals surface area contributed by atoms with Crippen molar-refractivity contribution >= 4 is 5.78 Å². The molecule has 4 rings (SSSR count). The van der Waals surface area contributed by atoms with Gasteiger partial charge >= 0.3 is 0 Å². The number of carbonyl (C=O) groups excluding carboxylic acids is 1. The number of hydrogen-bond acceptors (Lipinski definition) is 2. The van der Waals surface area contributed by atoms with Gasteiger partial charge in [-0.25, -0.2) is 0 Å². The number of fused-ring (bicyclic) bond motifs is 5. The molecule has 3 saturated carbocycles. The van der Waals surface area contributed by atoms with E-state index in [1.807, 2.05) is 0 Å². The monoisotopic (exact) mass is 302 g/mol. The van der Waals surface area contributed by atoms with Gasteiger partial charge in [-0.3, -0.25) is 4.79 Å². The van der Waals surface area contributed by atoms with Crippen molar-refractivity contribution in [3.63, 3.8) is 0 Å². The third kappa shape index (κ3) is 1.79. The van der Waals surface area contributed by atoms with Gasteiger partial charge in [0, 0.05) is 11.8 Å². The van der Waals surface area contributed by atoms with E-state index in [4.69, 9.17) is 0 Å². The van der Waals surface area contributed by atoms with Crippen LogP contribution in [0, 0.1) is 34.5 Å². The fourth-order valence-corrected chi connectivity index (χ4v) is 6.77. The molecule has 3 fully saturated rings. The van der Waals surface area contributed by atoms with Gasteiger partial charge in [-0.1, -0.05) is 32.4 Å². The lowest BCUT2D eigenvalue weighted by Gasteiger charge is -2.58. The summed E-state index contributed by atoms with van der Waals surface area (Å²) in [5.74, 6) is 3.08. The molecule has 122 valence electrons. The van der Waals surface area contributed by atoms with Crippen molar-refractivity contribution in [1.29, 1.82) is 0 Å². The van der Waals surface area contributed by atoms with Crippen molar-refractivity contribution in [2.24, 2.45) is 34.5 Å². The normalized spacial score (nSPS) is 54.3. The summed E-state index contributed by atoms with van der Waals surface area (Å²) >= 11 is 0. The van der Waals surface area contributed by atoms with Crippen LogP contribution >= 0.6 is 0 Å². The van der Waals surface area contributed by atoms with E-state index >= 15 is 0 Å². The van der Waals surface area contributed by atoms with E-state index < -0.39 is 0 Å². The van der Waals surface area contributed by atoms with Gasteiger partial charge in [0.2, 0.25) is 0 Å². The van der Waals surface area contributed by atoms with Crippen molar-refractivity contribution in [2.75, 3.05) is 0 Å². The number of allylic oxidation sites excluding steroid dienone is 1. The average Bonchev–Trinajstić information content (AvgIpc) is 2.77. The predicted octanol–water partition coefficient (Wildman–Crippen LogP) is 4.13. The summed E-state index contributed by atoms with van der Waals surface area (Å²) < 4.78 is 0. The van der Waals surface area contributed by atoms with E-state index in [1.54, 1.807) is 0 Å². The largest absolute Gasteiger partial charge is 0.393 e. The van der Waals surface area contributed by atoms with Gasteiger partial charge in [0.15, 0.2) is 0 Å². The molecule has 0 heterocycles. The summed E-state index contributed by atoms with van der Waals surface area (Å²) in [6.45, 7) is 7.07. The molecule has 22 heavy (non-hydrogen) atoms. The second-order valence-corrected chi connectivity index (χ2v) is 9.07.